The highest BCUT2D eigenvalue weighted by molar-refractivity contribution is 6.00. The minimum Gasteiger partial charge on any atom is -0.390 e. The fraction of sp³-hybridized carbons (Fsp3) is 0.481. The summed E-state index contributed by atoms with van der Waals surface area (Å²) in [5, 5.41) is 45.6. The topological polar surface area (TPSA) is 130 Å². The number of amides is 2. The number of hydrogen-bond donors (Lipinski definition) is 5. The van der Waals surface area contributed by atoms with Crippen LogP contribution in [0.3, 0.4) is 0 Å². The third-order valence-electron chi connectivity index (χ3n) is 5.94. The maximum absolute atomic E-state index is 13.3. The smallest absolute Gasteiger partial charge is 0.253 e. The number of aliphatic hydroxyl groups excluding tert-OH is 3. The normalized spacial score (nSPS) is 15.5. The molecule has 0 aromatic heterocycles. The van der Waals surface area contributed by atoms with Crippen LogP contribution in [0.25, 0.3) is 0 Å². The zero-order valence-corrected chi connectivity index (χ0v) is 20.9. The molecule has 0 spiro atoms. The van der Waals surface area contributed by atoms with Gasteiger partial charge in [0.05, 0.1) is 6.10 Å². The van der Waals surface area contributed by atoms with E-state index >= 15 is 0 Å². The van der Waals surface area contributed by atoms with Gasteiger partial charge in [0.1, 0.15) is 12.2 Å². The Balaban J connectivity index is 2.43. The Labute approximate surface area is 207 Å². The zero-order chi connectivity index (χ0) is 26.2. The standard InChI is InChI=1S/C27H38N2O6/c1-5-13-29(14-6-2)26(34)21-16-18(4)15-20(17-21)25(33)28-27(35,24(32)22(30)7-3)23(31)19-11-9-8-10-12-19/h8-12,15-17,22-24,30-32,35H,5-7,13-14H2,1-4H3,(H,28,33)/t22-,23?,24+,27+/m1/s1. The predicted molar refractivity (Wildman–Crippen MR) is 134 cm³/mol. The van der Waals surface area contributed by atoms with E-state index in [9.17, 15) is 30.0 Å². The lowest BCUT2D eigenvalue weighted by Crippen LogP contribution is -2.63. The van der Waals surface area contributed by atoms with Gasteiger partial charge in [0.25, 0.3) is 11.8 Å². The van der Waals surface area contributed by atoms with E-state index in [4.69, 9.17) is 0 Å². The molecular formula is C27H38N2O6. The molecule has 0 bridgehead atoms. The Morgan fingerprint density at radius 3 is 2.06 bits per heavy atom. The van der Waals surface area contributed by atoms with E-state index in [2.05, 4.69) is 5.32 Å². The fourth-order valence-corrected chi connectivity index (χ4v) is 4.04. The second-order valence-electron chi connectivity index (χ2n) is 8.89. The highest BCUT2D eigenvalue weighted by atomic mass is 16.4. The zero-order valence-electron chi connectivity index (χ0n) is 20.9. The first-order valence-corrected chi connectivity index (χ1v) is 12.1. The molecule has 0 aliphatic carbocycles. The number of hydrogen-bond acceptors (Lipinski definition) is 6. The molecule has 2 rings (SSSR count). The summed E-state index contributed by atoms with van der Waals surface area (Å²) in [5.74, 6) is -1.01. The molecule has 0 heterocycles. The van der Waals surface area contributed by atoms with Gasteiger partial charge in [0.2, 0.25) is 0 Å². The molecule has 35 heavy (non-hydrogen) atoms. The number of nitrogens with one attached hydrogen (secondary N) is 1. The van der Waals surface area contributed by atoms with Crippen molar-refractivity contribution in [2.24, 2.45) is 0 Å². The van der Waals surface area contributed by atoms with Crippen LogP contribution in [-0.2, 0) is 0 Å². The maximum Gasteiger partial charge on any atom is 0.253 e. The van der Waals surface area contributed by atoms with E-state index < -0.39 is 29.9 Å². The monoisotopic (exact) mass is 486 g/mol. The molecule has 1 unspecified atom stereocenters. The van der Waals surface area contributed by atoms with Gasteiger partial charge >= 0.3 is 0 Å². The van der Waals surface area contributed by atoms with Gasteiger partial charge in [0.15, 0.2) is 5.72 Å². The molecule has 0 saturated heterocycles. The van der Waals surface area contributed by atoms with E-state index in [1.54, 1.807) is 49.1 Å². The predicted octanol–water partition coefficient (Wildman–Crippen LogP) is 2.54. The van der Waals surface area contributed by atoms with Gasteiger partial charge < -0.3 is 30.6 Å². The average Bonchev–Trinajstić information content (AvgIpc) is 2.86. The third kappa shape index (κ3) is 6.89. The van der Waals surface area contributed by atoms with Crippen LogP contribution < -0.4 is 5.32 Å². The second kappa shape index (κ2) is 12.8. The van der Waals surface area contributed by atoms with Crippen molar-refractivity contribution >= 4 is 11.8 Å². The van der Waals surface area contributed by atoms with Gasteiger partial charge in [0, 0.05) is 24.2 Å². The molecule has 8 nitrogen and oxygen atoms in total. The van der Waals surface area contributed by atoms with Crippen LogP contribution >= 0.6 is 0 Å². The minimum atomic E-state index is -2.60. The Morgan fingerprint density at radius 2 is 1.51 bits per heavy atom. The molecule has 192 valence electrons. The van der Waals surface area contributed by atoms with Gasteiger partial charge in [-0.1, -0.05) is 51.1 Å². The Morgan fingerprint density at radius 1 is 0.943 bits per heavy atom. The first kappa shape index (κ1) is 28.5. The van der Waals surface area contributed by atoms with Gasteiger partial charge in [-0.2, -0.15) is 0 Å². The summed E-state index contributed by atoms with van der Waals surface area (Å²) in [7, 11) is 0. The molecule has 5 N–H and O–H groups in total. The van der Waals surface area contributed by atoms with E-state index in [1.807, 2.05) is 13.8 Å². The largest absolute Gasteiger partial charge is 0.390 e. The van der Waals surface area contributed by atoms with Gasteiger partial charge in [-0.05, 0) is 55.5 Å². The summed E-state index contributed by atoms with van der Waals surface area (Å²) >= 11 is 0. The lowest BCUT2D eigenvalue weighted by Gasteiger charge is -2.39. The molecule has 0 saturated carbocycles. The summed E-state index contributed by atoms with van der Waals surface area (Å²) in [6, 6.07) is 12.7. The molecule has 0 aliphatic rings. The van der Waals surface area contributed by atoms with Crippen molar-refractivity contribution in [3.63, 3.8) is 0 Å². The maximum atomic E-state index is 13.3. The second-order valence-corrected chi connectivity index (χ2v) is 8.89. The summed E-state index contributed by atoms with van der Waals surface area (Å²) in [4.78, 5) is 28.1. The van der Waals surface area contributed by atoms with E-state index in [0.29, 0.717) is 24.2 Å². The lowest BCUT2D eigenvalue weighted by atomic mass is 9.89. The lowest BCUT2D eigenvalue weighted by molar-refractivity contribution is -0.190. The van der Waals surface area contributed by atoms with E-state index in [-0.39, 0.29) is 23.5 Å². The summed E-state index contributed by atoms with van der Waals surface area (Å²) in [6.45, 7) is 8.50. The summed E-state index contributed by atoms with van der Waals surface area (Å²) in [6.07, 6.45) is -3.36. The summed E-state index contributed by atoms with van der Waals surface area (Å²) in [5.41, 5.74) is -1.28. The number of carbonyl (C=O) groups excluding carboxylic acids is 2. The van der Waals surface area contributed by atoms with Crippen molar-refractivity contribution in [1.29, 1.82) is 0 Å². The fourth-order valence-electron chi connectivity index (χ4n) is 4.04. The Bertz CT molecular complexity index is 977. The van der Waals surface area contributed by atoms with Crippen LogP contribution in [0.2, 0.25) is 0 Å². The molecule has 2 amide bonds. The SMILES string of the molecule is CCCN(CCC)C(=O)c1cc(C)cc(C(=O)N[C@](O)(C(O)c2ccccc2)[C@@H](O)[C@H](O)CC)c1. The molecule has 0 fully saturated rings. The quantitative estimate of drug-likeness (QED) is 0.293. The van der Waals surface area contributed by atoms with Gasteiger partial charge in [-0.25, -0.2) is 0 Å². The highest BCUT2D eigenvalue weighted by Crippen LogP contribution is 2.30. The minimum absolute atomic E-state index is 0.0780. The molecule has 4 atom stereocenters. The van der Waals surface area contributed by atoms with Crippen LogP contribution in [-0.4, -0.2) is 68.2 Å². The van der Waals surface area contributed by atoms with Crippen molar-refractivity contribution in [2.75, 3.05) is 13.1 Å². The first-order valence-electron chi connectivity index (χ1n) is 12.1. The molecular weight excluding hydrogens is 448 g/mol. The molecule has 0 aliphatic heterocycles. The highest BCUT2D eigenvalue weighted by Gasteiger charge is 2.47. The Kier molecular flexibility index (Phi) is 10.4. The number of nitrogens with zero attached hydrogens (tertiary/aromatic N) is 1. The number of rotatable bonds is 12. The first-order chi connectivity index (χ1) is 16.6. The average molecular weight is 487 g/mol. The Hall–Kier alpha value is -2.78. The van der Waals surface area contributed by atoms with E-state index in [1.165, 1.54) is 18.2 Å². The van der Waals surface area contributed by atoms with Crippen LogP contribution in [0.5, 0.6) is 0 Å². The molecule has 2 aromatic rings. The van der Waals surface area contributed by atoms with Gasteiger partial charge in [-0.3, -0.25) is 9.59 Å². The number of benzene rings is 2. The number of carbonyl (C=O) groups is 2. The number of aliphatic hydroxyl groups is 4. The van der Waals surface area contributed by atoms with Crippen LogP contribution in [0.15, 0.2) is 48.5 Å². The van der Waals surface area contributed by atoms with Crippen LogP contribution in [0, 0.1) is 6.92 Å². The van der Waals surface area contributed by atoms with Crippen LogP contribution in [0.1, 0.15) is 78.0 Å². The van der Waals surface area contributed by atoms with Crippen LogP contribution in [0.4, 0.5) is 0 Å². The molecule has 2 aromatic carbocycles. The molecule has 8 heteroatoms. The number of aryl methyl sites for hydroxylation is 1. The van der Waals surface area contributed by atoms with Crippen molar-refractivity contribution in [1.82, 2.24) is 10.2 Å². The van der Waals surface area contributed by atoms with Crippen molar-refractivity contribution in [3.8, 4) is 0 Å². The summed E-state index contributed by atoms with van der Waals surface area (Å²) < 4.78 is 0. The van der Waals surface area contributed by atoms with Crippen molar-refractivity contribution in [3.05, 3.63) is 70.8 Å². The van der Waals surface area contributed by atoms with Gasteiger partial charge in [-0.15, -0.1) is 0 Å². The van der Waals surface area contributed by atoms with Crippen molar-refractivity contribution < 1.29 is 30.0 Å². The third-order valence-corrected chi connectivity index (χ3v) is 5.94. The molecule has 0 radical (unpaired) electrons. The van der Waals surface area contributed by atoms with Crippen molar-refractivity contribution in [2.45, 2.75) is 71.0 Å². The van der Waals surface area contributed by atoms with E-state index in [0.717, 1.165) is 12.8 Å².